The van der Waals surface area contributed by atoms with Gasteiger partial charge in [0.15, 0.2) is 11.5 Å². The third-order valence-corrected chi connectivity index (χ3v) is 3.07. The third kappa shape index (κ3) is 3.97. The molecular formula is C16H16N2O5. The highest BCUT2D eigenvalue weighted by atomic mass is 16.5. The van der Waals surface area contributed by atoms with Gasteiger partial charge < -0.3 is 19.7 Å². The number of nitrogens with one attached hydrogen (secondary N) is 1. The zero-order valence-electron chi connectivity index (χ0n) is 12.5. The van der Waals surface area contributed by atoms with E-state index in [0.717, 1.165) is 16.9 Å². The molecule has 2 aromatic rings. The van der Waals surface area contributed by atoms with Crippen molar-refractivity contribution in [2.45, 2.75) is 6.42 Å². The number of amides is 1. The normalized spacial score (nSPS) is 10.1. The summed E-state index contributed by atoms with van der Waals surface area (Å²) in [5.74, 6) is -0.612. The molecule has 1 aromatic heterocycles. The van der Waals surface area contributed by atoms with Crippen molar-refractivity contribution in [3.8, 4) is 17.1 Å². The number of aliphatic carboxylic acids is 1. The van der Waals surface area contributed by atoms with Crippen molar-refractivity contribution in [1.82, 2.24) is 10.5 Å². The highest BCUT2D eigenvalue weighted by molar-refractivity contribution is 5.94. The van der Waals surface area contributed by atoms with Gasteiger partial charge in [-0.2, -0.15) is 0 Å². The molecule has 1 amide bonds. The lowest BCUT2D eigenvalue weighted by molar-refractivity contribution is -0.135. The minimum atomic E-state index is -1.13. The van der Waals surface area contributed by atoms with Crippen LogP contribution in [0, 0.1) is 0 Å². The van der Waals surface area contributed by atoms with E-state index in [0.29, 0.717) is 12.2 Å². The number of hydrogen-bond acceptors (Lipinski definition) is 5. The number of carbonyl (C=O) groups excluding carboxylic acids is 1. The summed E-state index contributed by atoms with van der Waals surface area (Å²) in [5.41, 5.74) is 1.67. The van der Waals surface area contributed by atoms with Crippen LogP contribution in [-0.2, 0) is 11.2 Å². The van der Waals surface area contributed by atoms with Gasteiger partial charge in [0.25, 0.3) is 5.91 Å². The fraction of sp³-hybridized carbons (Fsp3) is 0.188. The number of rotatable bonds is 7. The van der Waals surface area contributed by atoms with E-state index >= 15 is 0 Å². The first-order valence-electron chi connectivity index (χ1n) is 6.80. The summed E-state index contributed by atoms with van der Waals surface area (Å²) in [6.45, 7) is 3.22. The van der Waals surface area contributed by atoms with E-state index in [1.807, 2.05) is 6.07 Å². The minimum Gasteiger partial charge on any atom is -0.496 e. The van der Waals surface area contributed by atoms with Crippen molar-refractivity contribution < 1.29 is 24.0 Å². The van der Waals surface area contributed by atoms with Gasteiger partial charge in [-0.1, -0.05) is 11.2 Å². The molecule has 0 spiro atoms. The van der Waals surface area contributed by atoms with Gasteiger partial charge in [0.2, 0.25) is 0 Å². The molecule has 0 aliphatic carbocycles. The predicted octanol–water partition coefficient (Wildman–Crippen LogP) is 1.89. The lowest BCUT2D eigenvalue weighted by Crippen LogP contribution is -2.29. The van der Waals surface area contributed by atoms with Gasteiger partial charge >= 0.3 is 5.97 Å². The Morgan fingerprint density at radius 3 is 2.87 bits per heavy atom. The Labute approximate surface area is 132 Å². The number of hydrogen-bond donors (Lipinski definition) is 2. The van der Waals surface area contributed by atoms with Gasteiger partial charge in [0.05, 0.1) is 7.11 Å². The summed E-state index contributed by atoms with van der Waals surface area (Å²) in [6, 6.07) is 6.89. The SMILES string of the molecule is C=CCc1cc(-c2cc(C(=O)NCC(=O)O)no2)ccc1OC. The van der Waals surface area contributed by atoms with Crippen LogP contribution >= 0.6 is 0 Å². The number of carboxylic acid groups (broad SMARTS) is 1. The van der Waals surface area contributed by atoms with Gasteiger partial charge in [0.1, 0.15) is 12.3 Å². The smallest absolute Gasteiger partial charge is 0.322 e. The first-order chi connectivity index (χ1) is 11.0. The van der Waals surface area contributed by atoms with E-state index in [4.69, 9.17) is 14.4 Å². The van der Waals surface area contributed by atoms with Gasteiger partial charge in [0, 0.05) is 11.6 Å². The molecule has 2 N–H and O–H groups in total. The molecule has 0 aliphatic heterocycles. The average molecular weight is 316 g/mol. The first-order valence-corrected chi connectivity index (χ1v) is 6.80. The van der Waals surface area contributed by atoms with Crippen LogP contribution in [0.3, 0.4) is 0 Å². The highest BCUT2D eigenvalue weighted by Crippen LogP contribution is 2.27. The second kappa shape index (κ2) is 7.26. The molecule has 0 radical (unpaired) electrons. The lowest BCUT2D eigenvalue weighted by Gasteiger charge is -2.07. The zero-order chi connectivity index (χ0) is 16.8. The summed E-state index contributed by atoms with van der Waals surface area (Å²) in [7, 11) is 1.58. The molecule has 0 aliphatic rings. The standard InChI is InChI=1S/C16H16N2O5/c1-3-4-10-7-11(5-6-13(10)22-2)14-8-12(18-23-14)16(21)17-9-15(19)20/h3,5-8H,1,4,9H2,2H3,(H,17,21)(H,19,20). The molecule has 23 heavy (non-hydrogen) atoms. The van der Waals surface area contributed by atoms with Crippen molar-refractivity contribution in [3.05, 3.63) is 48.2 Å². The van der Waals surface area contributed by atoms with Crippen molar-refractivity contribution >= 4 is 11.9 Å². The van der Waals surface area contributed by atoms with E-state index < -0.39 is 18.4 Å². The lowest BCUT2D eigenvalue weighted by atomic mass is 10.0. The maximum Gasteiger partial charge on any atom is 0.322 e. The summed E-state index contributed by atoms with van der Waals surface area (Å²) in [5, 5.41) is 14.4. The molecule has 1 aromatic carbocycles. The topological polar surface area (TPSA) is 102 Å². The maximum atomic E-state index is 11.7. The number of carbonyl (C=O) groups is 2. The van der Waals surface area contributed by atoms with Gasteiger partial charge in [-0.05, 0) is 30.2 Å². The molecule has 0 atom stereocenters. The molecule has 0 bridgehead atoms. The molecule has 7 heteroatoms. The van der Waals surface area contributed by atoms with Gasteiger partial charge in [-0.15, -0.1) is 6.58 Å². The quantitative estimate of drug-likeness (QED) is 0.756. The van der Waals surface area contributed by atoms with Crippen LogP contribution in [0.2, 0.25) is 0 Å². The second-order valence-electron chi connectivity index (χ2n) is 4.67. The van der Waals surface area contributed by atoms with Crippen LogP contribution in [0.4, 0.5) is 0 Å². The fourth-order valence-corrected chi connectivity index (χ4v) is 2.01. The Bertz CT molecular complexity index is 736. The Kier molecular flexibility index (Phi) is 5.14. The van der Waals surface area contributed by atoms with Crippen molar-refractivity contribution in [2.24, 2.45) is 0 Å². The largest absolute Gasteiger partial charge is 0.496 e. The molecule has 0 saturated heterocycles. The number of nitrogens with zero attached hydrogens (tertiary/aromatic N) is 1. The van der Waals surface area contributed by atoms with Crippen LogP contribution in [-0.4, -0.2) is 35.8 Å². The Morgan fingerprint density at radius 1 is 1.43 bits per heavy atom. The Balaban J connectivity index is 2.23. The van der Waals surface area contributed by atoms with Crippen LogP contribution in [0.25, 0.3) is 11.3 Å². The van der Waals surface area contributed by atoms with Crippen molar-refractivity contribution in [1.29, 1.82) is 0 Å². The number of ether oxygens (including phenoxy) is 1. The summed E-state index contributed by atoms with van der Waals surface area (Å²) in [4.78, 5) is 22.2. The molecular weight excluding hydrogens is 300 g/mol. The number of aromatic nitrogens is 1. The van der Waals surface area contributed by atoms with E-state index in [2.05, 4.69) is 17.1 Å². The summed E-state index contributed by atoms with van der Waals surface area (Å²) < 4.78 is 10.4. The van der Waals surface area contributed by atoms with Crippen LogP contribution in [0.15, 0.2) is 41.4 Å². The van der Waals surface area contributed by atoms with Crippen molar-refractivity contribution in [2.75, 3.05) is 13.7 Å². The summed E-state index contributed by atoms with van der Waals surface area (Å²) >= 11 is 0. The summed E-state index contributed by atoms with van der Waals surface area (Å²) in [6.07, 6.45) is 2.38. The monoisotopic (exact) mass is 316 g/mol. The van der Waals surface area contributed by atoms with Gasteiger partial charge in [-0.3, -0.25) is 9.59 Å². The van der Waals surface area contributed by atoms with Gasteiger partial charge in [-0.25, -0.2) is 0 Å². The maximum absolute atomic E-state index is 11.7. The van der Waals surface area contributed by atoms with E-state index in [1.165, 1.54) is 6.07 Å². The number of methoxy groups -OCH3 is 1. The number of carboxylic acids is 1. The molecule has 0 unspecified atom stereocenters. The molecule has 7 nitrogen and oxygen atoms in total. The minimum absolute atomic E-state index is 0.0161. The zero-order valence-corrected chi connectivity index (χ0v) is 12.5. The number of benzene rings is 1. The Morgan fingerprint density at radius 2 is 2.22 bits per heavy atom. The highest BCUT2D eigenvalue weighted by Gasteiger charge is 2.15. The molecule has 2 rings (SSSR count). The van der Waals surface area contributed by atoms with E-state index in [-0.39, 0.29) is 5.69 Å². The van der Waals surface area contributed by atoms with Crippen LogP contribution in [0.1, 0.15) is 16.1 Å². The second-order valence-corrected chi connectivity index (χ2v) is 4.67. The Hall–Kier alpha value is -3.09. The predicted molar refractivity (Wildman–Crippen MR) is 82.4 cm³/mol. The average Bonchev–Trinajstić information content (AvgIpc) is 3.03. The van der Waals surface area contributed by atoms with Crippen LogP contribution < -0.4 is 10.1 Å². The molecule has 0 fully saturated rings. The van der Waals surface area contributed by atoms with E-state index in [9.17, 15) is 9.59 Å². The van der Waals surface area contributed by atoms with Crippen LogP contribution in [0.5, 0.6) is 5.75 Å². The van der Waals surface area contributed by atoms with E-state index in [1.54, 1.807) is 25.3 Å². The van der Waals surface area contributed by atoms with Crippen molar-refractivity contribution in [3.63, 3.8) is 0 Å². The first kappa shape index (κ1) is 16.3. The molecule has 120 valence electrons. The molecule has 1 heterocycles. The molecule has 0 saturated carbocycles. The third-order valence-electron chi connectivity index (χ3n) is 3.07. The fourth-order valence-electron chi connectivity index (χ4n) is 2.01. The number of allylic oxidation sites excluding steroid dienone is 1.